The van der Waals surface area contributed by atoms with Gasteiger partial charge in [-0.3, -0.25) is 0 Å². The molecule has 0 aliphatic heterocycles. The van der Waals surface area contributed by atoms with Crippen molar-refractivity contribution in [2.24, 2.45) is 0 Å². The summed E-state index contributed by atoms with van der Waals surface area (Å²) in [6, 6.07) is 52.9. The minimum Gasteiger partial charge on any atom is -0.228 e. The summed E-state index contributed by atoms with van der Waals surface area (Å²) in [7, 11) is 0. The molecule has 0 atom stereocenters. The van der Waals surface area contributed by atoms with Gasteiger partial charge in [-0.25, -0.2) is 9.97 Å². The predicted molar refractivity (Wildman–Crippen MR) is 209 cm³/mol. The van der Waals surface area contributed by atoms with E-state index in [-0.39, 0.29) is 0 Å². The van der Waals surface area contributed by atoms with E-state index in [0.29, 0.717) is 0 Å². The van der Waals surface area contributed by atoms with E-state index in [1.807, 2.05) is 22.7 Å². The lowest BCUT2D eigenvalue weighted by Gasteiger charge is -2.12. The molecule has 0 saturated heterocycles. The predicted octanol–water partition coefficient (Wildman–Crippen LogP) is 13.2. The summed E-state index contributed by atoms with van der Waals surface area (Å²) >= 11 is 3.71. The van der Waals surface area contributed by atoms with Crippen LogP contribution in [-0.4, -0.2) is 9.97 Å². The molecule has 0 radical (unpaired) electrons. The van der Waals surface area contributed by atoms with Gasteiger partial charge >= 0.3 is 0 Å². The van der Waals surface area contributed by atoms with Crippen LogP contribution in [0.4, 0.5) is 0 Å². The average Bonchev–Trinajstić information content (AvgIpc) is 3.72. The van der Waals surface area contributed by atoms with Crippen molar-refractivity contribution in [1.82, 2.24) is 9.97 Å². The summed E-state index contributed by atoms with van der Waals surface area (Å²) in [5.74, 6) is 0.744. The van der Waals surface area contributed by atoms with Crippen LogP contribution in [0.1, 0.15) is 0 Å². The van der Waals surface area contributed by atoms with Gasteiger partial charge in [0.1, 0.15) is 0 Å². The normalized spacial score (nSPS) is 12.2. The largest absolute Gasteiger partial charge is 0.228 e. The number of fused-ring (bicyclic) bond motifs is 13. The van der Waals surface area contributed by atoms with Gasteiger partial charge in [-0.15, -0.1) is 22.7 Å². The zero-order chi connectivity index (χ0) is 31.3. The monoisotopic (exact) mass is 644 g/mol. The van der Waals surface area contributed by atoms with Crippen LogP contribution >= 0.6 is 22.7 Å². The number of hydrogen-bond acceptors (Lipinski definition) is 4. The summed E-state index contributed by atoms with van der Waals surface area (Å²) < 4.78 is 5.22. The molecule has 0 bridgehead atoms. The molecule has 3 heterocycles. The van der Waals surface area contributed by atoms with E-state index in [2.05, 4.69) is 146 Å². The van der Waals surface area contributed by atoms with Gasteiger partial charge in [-0.2, -0.15) is 0 Å². The summed E-state index contributed by atoms with van der Waals surface area (Å²) in [5, 5.41) is 13.9. The van der Waals surface area contributed by atoms with Crippen molar-refractivity contribution in [2.75, 3.05) is 0 Å². The Labute approximate surface area is 283 Å². The van der Waals surface area contributed by atoms with Gasteiger partial charge < -0.3 is 0 Å². The number of hydrogen-bond donors (Lipinski definition) is 0. The first-order valence-electron chi connectivity index (χ1n) is 16.2. The molecule has 0 aliphatic carbocycles. The minimum atomic E-state index is 0.744. The quantitative estimate of drug-likeness (QED) is 0.175. The smallest absolute Gasteiger partial charge is 0.160 e. The Morgan fingerprint density at radius 1 is 0.396 bits per heavy atom. The fourth-order valence-corrected chi connectivity index (χ4v) is 10.0. The molecule has 4 heteroatoms. The first kappa shape index (κ1) is 26.4. The molecule has 0 amide bonds. The maximum Gasteiger partial charge on any atom is 0.160 e. The molecule has 0 aliphatic rings. The van der Waals surface area contributed by atoms with E-state index >= 15 is 0 Å². The maximum absolute atomic E-state index is 5.33. The van der Waals surface area contributed by atoms with Crippen molar-refractivity contribution < 1.29 is 0 Å². The Bertz CT molecular complexity index is 3130. The molecule has 0 saturated carbocycles. The third-order valence-electron chi connectivity index (χ3n) is 9.86. The molecule has 0 spiro atoms. The molecule has 0 unspecified atom stereocenters. The summed E-state index contributed by atoms with van der Waals surface area (Å²) in [6.07, 6.45) is 0. The lowest BCUT2D eigenvalue weighted by molar-refractivity contribution is 1.23. The van der Waals surface area contributed by atoms with Gasteiger partial charge in [0, 0.05) is 56.9 Å². The van der Waals surface area contributed by atoms with Crippen molar-refractivity contribution in [3.8, 4) is 22.6 Å². The van der Waals surface area contributed by atoms with E-state index in [0.717, 1.165) is 33.5 Å². The van der Waals surface area contributed by atoms with Crippen LogP contribution in [0.25, 0.3) is 106 Å². The highest BCUT2D eigenvalue weighted by Crippen LogP contribution is 2.43. The molecule has 0 N–H and O–H groups in total. The Morgan fingerprint density at radius 3 is 2.00 bits per heavy atom. The van der Waals surface area contributed by atoms with Gasteiger partial charge in [0.15, 0.2) is 5.82 Å². The average molecular weight is 645 g/mol. The van der Waals surface area contributed by atoms with Crippen LogP contribution in [0, 0.1) is 0 Å². The van der Waals surface area contributed by atoms with Crippen molar-refractivity contribution >= 4 is 106 Å². The third kappa shape index (κ3) is 3.73. The molecule has 3 aromatic heterocycles. The number of thiophene rings is 2. The topological polar surface area (TPSA) is 25.8 Å². The molecular formula is C44H24N2S2. The number of para-hydroxylation sites is 1. The van der Waals surface area contributed by atoms with Gasteiger partial charge in [0.05, 0.1) is 11.2 Å². The molecule has 48 heavy (non-hydrogen) atoms. The van der Waals surface area contributed by atoms with Gasteiger partial charge in [-0.05, 0) is 62.6 Å². The van der Waals surface area contributed by atoms with Crippen LogP contribution in [0.15, 0.2) is 146 Å². The Morgan fingerprint density at radius 2 is 1.08 bits per heavy atom. The first-order chi connectivity index (χ1) is 23.8. The van der Waals surface area contributed by atoms with E-state index in [4.69, 9.17) is 9.97 Å². The van der Waals surface area contributed by atoms with Gasteiger partial charge in [0.2, 0.25) is 0 Å². The second kappa shape index (κ2) is 9.91. The molecule has 8 aromatic carbocycles. The Balaban J connectivity index is 1.14. The first-order valence-corrected chi connectivity index (χ1v) is 17.8. The minimum absolute atomic E-state index is 0.744. The van der Waals surface area contributed by atoms with Crippen molar-refractivity contribution in [2.45, 2.75) is 0 Å². The van der Waals surface area contributed by atoms with Crippen LogP contribution in [0.5, 0.6) is 0 Å². The van der Waals surface area contributed by atoms with E-state index in [1.54, 1.807) is 0 Å². The fraction of sp³-hybridized carbons (Fsp3) is 0. The molecular weight excluding hydrogens is 621 g/mol. The summed E-state index contributed by atoms with van der Waals surface area (Å²) in [6.45, 7) is 0. The fourth-order valence-electron chi connectivity index (χ4n) is 7.68. The maximum atomic E-state index is 5.33. The summed E-state index contributed by atoms with van der Waals surface area (Å²) in [5.41, 5.74) is 4.10. The Kier molecular flexibility index (Phi) is 5.45. The van der Waals surface area contributed by atoms with E-state index in [9.17, 15) is 0 Å². The Hall–Kier alpha value is -5.68. The number of aromatic nitrogens is 2. The van der Waals surface area contributed by atoms with Crippen molar-refractivity contribution in [1.29, 1.82) is 0 Å². The molecule has 0 fully saturated rings. The molecule has 222 valence electrons. The van der Waals surface area contributed by atoms with Gasteiger partial charge in [-0.1, -0.05) is 115 Å². The van der Waals surface area contributed by atoms with Crippen LogP contribution in [-0.2, 0) is 0 Å². The highest BCUT2D eigenvalue weighted by molar-refractivity contribution is 7.26. The zero-order valence-electron chi connectivity index (χ0n) is 25.6. The van der Waals surface area contributed by atoms with Crippen molar-refractivity contribution in [3.05, 3.63) is 146 Å². The number of rotatable bonds is 2. The summed E-state index contributed by atoms with van der Waals surface area (Å²) in [4.78, 5) is 10.5. The van der Waals surface area contributed by atoms with Crippen molar-refractivity contribution in [3.63, 3.8) is 0 Å². The van der Waals surface area contributed by atoms with E-state index in [1.165, 1.54) is 72.7 Å². The van der Waals surface area contributed by atoms with Crippen LogP contribution in [0.2, 0.25) is 0 Å². The lowest BCUT2D eigenvalue weighted by Crippen LogP contribution is -1.95. The van der Waals surface area contributed by atoms with Gasteiger partial charge in [0.25, 0.3) is 0 Å². The number of benzene rings is 8. The highest BCUT2D eigenvalue weighted by Gasteiger charge is 2.17. The van der Waals surface area contributed by atoms with E-state index < -0.39 is 0 Å². The van der Waals surface area contributed by atoms with Crippen LogP contribution < -0.4 is 0 Å². The third-order valence-corrected chi connectivity index (χ3v) is 12.2. The zero-order valence-corrected chi connectivity index (χ0v) is 27.2. The standard InChI is InChI=1S/C44H24N2S2/c1-4-13-36-33(9-1)42(35-12-7-11-32-29-8-2-5-14-37(29)48-43(32)35)46-44(45-36)27-19-20-28-26(24-27)17-16-25-18-21-31-30(40(25)28)22-23-39-41(31)34-10-3-6-15-38(34)47-39/h1-24H. The molecule has 2 nitrogen and oxygen atoms in total. The number of nitrogens with zero attached hydrogens (tertiary/aromatic N) is 2. The lowest BCUT2D eigenvalue weighted by atomic mass is 9.93. The highest BCUT2D eigenvalue weighted by atomic mass is 32.1. The second-order valence-corrected chi connectivity index (χ2v) is 14.6. The SMILES string of the molecule is c1ccc2c(-c3cccc4c3sc3ccccc34)nc(-c3ccc4c(ccc5ccc6c(ccc7sc8ccccc8c76)c54)c3)nc2c1. The molecule has 11 rings (SSSR count). The molecule has 11 aromatic rings. The van der Waals surface area contributed by atoms with Crippen LogP contribution in [0.3, 0.4) is 0 Å². The second-order valence-electron chi connectivity index (χ2n) is 12.5.